The van der Waals surface area contributed by atoms with Gasteiger partial charge < -0.3 is 5.32 Å². The summed E-state index contributed by atoms with van der Waals surface area (Å²) in [6.45, 7) is 3.63. The number of nitriles is 1. The lowest BCUT2D eigenvalue weighted by molar-refractivity contribution is 0.610. The highest BCUT2D eigenvalue weighted by Crippen LogP contribution is 2.26. The molecule has 0 bridgehead atoms. The second-order valence-corrected chi connectivity index (χ2v) is 6.39. The zero-order valence-corrected chi connectivity index (χ0v) is 14.6. The Morgan fingerprint density at radius 2 is 2.04 bits per heavy atom. The number of rotatable bonds is 5. The SMILES string of the molecule is Cc1ccc2c(NCCCn3ncc4ccccc43)c(C#N)cnc2c1. The maximum absolute atomic E-state index is 9.41. The topological polar surface area (TPSA) is 66.5 Å². The van der Waals surface area contributed by atoms with Crippen molar-refractivity contribution < 1.29 is 0 Å². The molecular weight excluding hydrogens is 322 g/mol. The Hall–Kier alpha value is -3.39. The van der Waals surface area contributed by atoms with Crippen LogP contribution in [-0.2, 0) is 6.54 Å². The quantitative estimate of drug-likeness (QED) is 0.551. The molecule has 0 aliphatic carbocycles. The van der Waals surface area contributed by atoms with Crippen LogP contribution in [0.4, 0.5) is 5.69 Å². The highest BCUT2D eigenvalue weighted by atomic mass is 15.3. The van der Waals surface area contributed by atoms with Crippen molar-refractivity contribution in [2.45, 2.75) is 19.9 Å². The predicted octanol–water partition coefficient (Wildman–Crippen LogP) is 4.27. The summed E-state index contributed by atoms with van der Waals surface area (Å²) in [5, 5.41) is 19.4. The third kappa shape index (κ3) is 2.98. The molecular formula is C21H19N5. The van der Waals surface area contributed by atoms with Crippen molar-refractivity contribution in [3.05, 3.63) is 66.0 Å². The van der Waals surface area contributed by atoms with Gasteiger partial charge in [-0.25, -0.2) is 0 Å². The van der Waals surface area contributed by atoms with Gasteiger partial charge in [-0.15, -0.1) is 0 Å². The number of hydrogen-bond acceptors (Lipinski definition) is 4. The molecule has 0 radical (unpaired) electrons. The molecule has 0 spiro atoms. The van der Waals surface area contributed by atoms with Crippen LogP contribution in [0.15, 0.2) is 54.9 Å². The smallest absolute Gasteiger partial charge is 0.103 e. The fourth-order valence-electron chi connectivity index (χ4n) is 3.23. The van der Waals surface area contributed by atoms with Gasteiger partial charge in [0.1, 0.15) is 6.07 Å². The van der Waals surface area contributed by atoms with Crippen LogP contribution in [-0.4, -0.2) is 21.3 Å². The van der Waals surface area contributed by atoms with E-state index in [2.05, 4.69) is 33.6 Å². The Bertz CT molecular complexity index is 1120. The van der Waals surface area contributed by atoms with Gasteiger partial charge in [0.25, 0.3) is 0 Å². The van der Waals surface area contributed by atoms with Crippen LogP contribution in [0.1, 0.15) is 17.5 Å². The fourth-order valence-corrected chi connectivity index (χ4v) is 3.23. The highest BCUT2D eigenvalue weighted by Gasteiger charge is 2.09. The molecule has 0 aliphatic rings. The standard InChI is InChI=1S/C21H19N5/c1-15-7-8-18-19(11-15)24-13-17(12-22)21(18)23-9-4-10-26-20-6-3-2-5-16(20)14-25-26/h2-3,5-8,11,13-14H,4,9-10H2,1H3,(H,23,24). The number of fused-ring (bicyclic) bond motifs is 2. The molecule has 5 nitrogen and oxygen atoms in total. The van der Waals surface area contributed by atoms with Crippen molar-refractivity contribution in [2.75, 3.05) is 11.9 Å². The Kier molecular flexibility index (Phi) is 4.24. The van der Waals surface area contributed by atoms with Crippen molar-refractivity contribution in [1.82, 2.24) is 14.8 Å². The Morgan fingerprint density at radius 3 is 2.92 bits per heavy atom. The minimum atomic E-state index is 0.575. The number of nitrogens with zero attached hydrogens (tertiary/aromatic N) is 4. The molecule has 4 rings (SSSR count). The zero-order valence-electron chi connectivity index (χ0n) is 14.6. The molecule has 2 aromatic carbocycles. The van der Waals surface area contributed by atoms with Gasteiger partial charge in [-0.2, -0.15) is 10.4 Å². The molecule has 0 amide bonds. The van der Waals surface area contributed by atoms with Gasteiger partial charge in [-0.05, 0) is 31.0 Å². The van der Waals surface area contributed by atoms with Gasteiger partial charge in [-0.3, -0.25) is 9.67 Å². The van der Waals surface area contributed by atoms with Gasteiger partial charge in [0, 0.05) is 30.1 Å². The molecule has 0 aliphatic heterocycles. The number of pyridine rings is 1. The zero-order chi connectivity index (χ0) is 17.9. The number of hydrogen-bond donors (Lipinski definition) is 1. The molecule has 5 heteroatoms. The predicted molar refractivity (Wildman–Crippen MR) is 104 cm³/mol. The van der Waals surface area contributed by atoms with E-state index in [0.29, 0.717) is 5.56 Å². The minimum Gasteiger partial charge on any atom is -0.383 e. The van der Waals surface area contributed by atoms with E-state index < -0.39 is 0 Å². The lowest BCUT2D eigenvalue weighted by Crippen LogP contribution is -2.09. The van der Waals surface area contributed by atoms with Crippen molar-refractivity contribution in [3.8, 4) is 6.07 Å². The van der Waals surface area contributed by atoms with E-state index in [1.165, 1.54) is 0 Å². The summed E-state index contributed by atoms with van der Waals surface area (Å²) in [6.07, 6.45) is 4.45. The average molecular weight is 341 g/mol. The number of anilines is 1. The first kappa shape index (κ1) is 16.1. The van der Waals surface area contributed by atoms with E-state index in [9.17, 15) is 5.26 Å². The van der Waals surface area contributed by atoms with Crippen LogP contribution in [0.3, 0.4) is 0 Å². The van der Waals surface area contributed by atoms with Crippen molar-refractivity contribution in [2.24, 2.45) is 0 Å². The van der Waals surface area contributed by atoms with Gasteiger partial charge in [-0.1, -0.05) is 30.3 Å². The van der Waals surface area contributed by atoms with Crippen LogP contribution in [0.2, 0.25) is 0 Å². The lowest BCUT2D eigenvalue weighted by atomic mass is 10.1. The summed E-state index contributed by atoms with van der Waals surface area (Å²) < 4.78 is 2.02. The number of nitrogens with one attached hydrogen (secondary N) is 1. The van der Waals surface area contributed by atoms with Crippen LogP contribution in [0.5, 0.6) is 0 Å². The number of aromatic nitrogens is 3. The Labute approximate surface area is 151 Å². The molecule has 4 aromatic rings. The molecule has 0 saturated carbocycles. The Balaban J connectivity index is 1.50. The monoisotopic (exact) mass is 341 g/mol. The van der Waals surface area contributed by atoms with Gasteiger partial charge in [0.05, 0.1) is 28.5 Å². The van der Waals surface area contributed by atoms with E-state index in [-0.39, 0.29) is 0 Å². The van der Waals surface area contributed by atoms with Gasteiger partial charge in [0.15, 0.2) is 0 Å². The maximum atomic E-state index is 9.41. The summed E-state index contributed by atoms with van der Waals surface area (Å²) in [5.74, 6) is 0. The number of aryl methyl sites for hydroxylation is 2. The minimum absolute atomic E-state index is 0.575. The second-order valence-electron chi connectivity index (χ2n) is 6.39. The van der Waals surface area contributed by atoms with E-state index in [1.807, 2.05) is 48.1 Å². The molecule has 26 heavy (non-hydrogen) atoms. The summed E-state index contributed by atoms with van der Waals surface area (Å²) in [6, 6.07) is 16.6. The summed E-state index contributed by atoms with van der Waals surface area (Å²) in [4.78, 5) is 4.40. The molecule has 0 unspecified atom stereocenters. The van der Waals surface area contributed by atoms with E-state index in [0.717, 1.165) is 52.6 Å². The first-order valence-corrected chi connectivity index (χ1v) is 8.70. The third-order valence-electron chi connectivity index (χ3n) is 4.54. The molecule has 0 fully saturated rings. The number of para-hydroxylation sites is 1. The van der Waals surface area contributed by atoms with Gasteiger partial charge in [0.2, 0.25) is 0 Å². The summed E-state index contributed by atoms with van der Waals surface area (Å²) in [5.41, 5.74) is 4.65. The summed E-state index contributed by atoms with van der Waals surface area (Å²) in [7, 11) is 0. The average Bonchev–Trinajstić information content (AvgIpc) is 3.08. The number of benzene rings is 2. The summed E-state index contributed by atoms with van der Waals surface area (Å²) >= 11 is 0. The van der Waals surface area contributed by atoms with E-state index in [1.54, 1.807) is 6.20 Å². The maximum Gasteiger partial charge on any atom is 0.103 e. The first-order valence-electron chi connectivity index (χ1n) is 8.70. The molecule has 1 N–H and O–H groups in total. The Morgan fingerprint density at radius 1 is 1.15 bits per heavy atom. The molecule has 128 valence electrons. The van der Waals surface area contributed by atoms with E-state index in [4.69, 9.17) is 0 Å². The molecule has 2 aromatic heterocycles. The largest absolute Gasteiger partial charge is 0.383 e. The van der Waals surface area contributed by atoms with Crippen LogP contribution >= 0.6 is 0 Å². The normalized spacial score (nSPS) is 10.9. The van der Waals surface area contributed by atoms with Crippen molar-refractivity contribution >= 4 is 27.5 Å². The van der Waals surface area contributed by atoms with Gasteiger partial charge >= 0.3 is 0 Å². The molecule has 2 heterocycles. The van der Waals surface area contributed by atoms with Crippen LogP contribution in [0.25, 0.3) is 21.8 Å². The van der Waals surface area contributed by atoms with Crippen LogP contribution in [0, 0.1) is 18.3 Å². The molecule has 0 atom stereocenters. The second kappa shape index (κ2) is 6.85. The van der Waals surface area contributed by atoms with Crippen molar-refractivity contribution in [1.29, 1.82) is 5.26 Å². The third-order valence-corrected chi connectivity index (χ3v) is 4.54. The van der Waals surface area contributed by atoms with E-state index >= 15 is 0 Å². The van der Waals surface area contributed by atoms with Crippen molar-refractivity contribution in [3.63, 3.8) is 0 Å². The van der Waals surface area contributed by atoms with Crippen LogP contribution < -0.4 is 5.32 Å². The fraction of sp³-hybridized carbons (Fsp3) is 0.190. The lowest BCUT2D eigenvalue weighted by Gasteiger charge is -2.12. The molecule has 0 saturated heterocycles. The first-order chi connectivity index (χ1) is 12.8. The highest BCUT2D eigenvalue weighted by molar-refractivity contribution is 5.94.